The zero-order valence-electron chi connectivity index (χ0n) is 10.7. The van der Waals surface area contributed by atoms with Crippen molar-refractivity contribution in [3.63, 3.8) is 0 Å². The van der Waals surface area contributed by atoms with E-state index >= 15 is 0 Å². The number of rotatable bonds is 5. The highest BCUT2D eigenvalue weighted by molar-refractivity contribution is 5.98. The Bertz CT molecular complexity index is 588. The second-order valence-corrected chi connectivity index (χ2v) is 3.86. The molecule has 102 valence electrons. The lowest BCUT2D eigenvalue weighted by Crippen LogP contribution is -2.46. The average Bonchev–Trinajstić information content (AvgIpc) is 2.50. The van der Waals surface area contributed by atoms with E-state index in [0.29, 0.717) is 11.1 Å². The minimum atomic E-state index is -0.895. The molecule has 1 aromatic carbocycles. The first-order chi connectivity index (χ1) is 9.62. The van der Waals surface area contributed by atoms with Gasteiger partial charge in [-0.15, -0.1) is 6.42 Å². The molecule has 5 nitrogen and oxygen atoms in total. The molecule has 0 heterocycles. The number of Topliss-reactive ketones (excluding diaryl/α,β-unsaturated/α-hetero) is 1. The van der Waals surface area contributed by atoms with Gasteiger partial charge in [0.15, 0.2) is 5.78 Å². The normalized spacial score (nSPS) is 10.7. The van der Waals surface area contributed by atoms with Crippen LogP contribution < -0.4 is 11.1 Å². The third-order valence-corrected chi connectivity index (χ3v) is 2.51. The van der Waals surface area contributed by atoms with Crippen LogP contribution >= 0.6 is 0 Å². The van der Waals surface area contributed by atoms with E-state index in [1.165, 1.54) is 0 Å². The Morgan fingerprint density at radius 2 is 2.00 bits per heavy atom. The van der Waals surface area contributed by atoms with Crippen LogP contribution in [0.4, 0.5) is 0 Å². The standard InChI is InChI=1S/C15H14N2O3/c1-2-3-4-11-5-7-12(8-6-11)15(20)17-13(9-16)14(19)10-18/h1,5-8,13,18H,9-10,16H2,(H,17,20)/t13-/m0/s1. The summed E-state index contributed by atoms with van der Waals surface area (Å²) in [4.78, 5) is 23.2. The fraction of sp³-hybridized carbons (Fsp3) is 0.200. The number of hydrogen-bond donors (Lipinski definition) is 3. The van der Waals surface area contributed by atoms with Gasteiger partial charge in [0.1, 0.15) is 12.6 Å². The minimum absolute atomic E-state index is 0.0726. The fourth-order valence-electron chi connectivity index (χ4n) is 1.44. The summed E-state index contributed by atoms with van der Waals surface area (Å²) in [6.07, 6.45) is 5.01. The number of aliphatic hydroxyl groups is 1. The van der Waals surface area contributed by atoms with E-state index in [-0.39, 0.29) is 6.54 Å². The lowest BCUT2D eigenvalue weighted by molar-refractivity contribution is -0.123. The highest BCUT2D eigenvalue weighted by Crippen LogP contribution is 2.03. The van der Waals surface area contributed by atoms with Gasteiger partial charge in [-0.1, -0.05) is 5.92 Å². The molecule has 1 amide bonds. The Balaban J connectivity index is 2.78. The first-order valence-corrected chi connectivity index (χ1v) is 5.83. The number of carbonyl (C=O) groups excluding carboxylic acids is 2. The van der Waals surface area contributed by atoms with Crippen molar-refractivity contribution in [3.05, 3.63) is 35.4 Å². The van der Waals surface area contributed by atoms with Gasteiger partial charge >= 0.3 is 0 Å². The largest absolute Gasteiger partial charge is 0.388 e. The lowest BCUT2D eigenvalue weighted by atomic mass is 10.1. The summed E-state index contributed by atoms with van der Waals surface area (Å²) in [5.41, 5.74) is 6.41. The zero-order valence-corrected chi connectivity index (χ0v) is 10.7. The molecule has 20 heavy (non-hydrogen) atoms. The highest BCUT2D eigenvalue weighted by atomic mass is 16.3. The third-order valence-electron chi connectivity index (χ3n) is 2.51. The average molecular weight is 270 g/mol. The van der Waals surface area contributed by atoms with Crippen LogP contribution in [0.5, 0.6) is 0 Å². The Morgan fingerprint density at radius 1 is 1.35 bits per heavy atom. The molecule has 0 saturated heterocycles. The first kappa shape index (κ1) is 15.5. The van der Waals surface area contributed by atoms with Crippen molar-refractivity contribution in [1.29, 1.82) is 0 Å². The summed E-state index contributed by atoms with van der Waals surface area (Å²) >= 11 is 0. The van der Waals surface area contributed by atoms with Crippen molar-refractivity contribution in [2.24, 2.45) is 5.73 Å². The monoisotopic (exact) mass is 270 g/mol. The van der Waals surface area contributed by atoms with E-state index in [1.54, 1.807) is 24.3 Å². The van der Waals surface area contributed by atoms with Gasteiger partial charge in [0.2, 0.25) is 0 Å². The van der Waals surface area contributed by atoms with Gasteiger partial charge in [-0.05, 0) is 36.1 Å². The molecule has 0 saturated carbocycles. The number of aliphatic hydroxyl groups excluding tert-OH is 1. The number of benzene rings is 1. The lowest BCUT2D eigenvalue weighted by Gasteiger charge is -2.14. The highest BCUT2D eigenvalue weighted by Gasteiger charge is 2.18. The van der Waals surface area contributed by atoms with E-state index in [9.17, 15) is 9.59 Å². The molecular weight excluding hydrogens is 256 g/mol. The number of terminal acetylenes is 1. The molecule has 0 fully saturated rings. The van der Waals surface area contributed by atoms with E-state index in [4.69, 9.17) is 17.3 Å². The molecule has 0 spiro atoms. The number of nitrogens with one attached hydrogen (secondary N) is 1. The van der Waals surface area contributed by atoms with Crippen molar-refractivity contribution >= 4 is 11.7 Å². The molecule has 1 rings (SSSR count). The van der Waals surface area contributed by atoms with Crippen molar-refractivity contribution in [2.75, 3.05) is 13.2 Å². The summed E-state index contributed by atoms with van der Waals surface area (Å²) in [6.45, 7) is -0.736. The number of nitrogens with two attached hydrogens (primary N) is 1. The zero-order chi connectivity index (χ0) is 15.0. The van der Waals surface area contributed by atoms with Crippen LogP contribution in [0.2, 0.25) is 0 Å². The quantitative estimate of drug-likeness (QED) is 0.616. The van der Waals surface area contributed by atoms with Gasteiger partial charge in [0.05, 0.1) is 0 Å². The molecule has 0 aliphatic rings. The predicted octanol–water partition coefficient (Wildman–Crippen LogP) is -0.710. The summed E-state index contributed by atoms with van der Waals surface area (Å²) in [5.74, 6) is 6.40. The Kier molecular flexibility index (Phi) is 5.99. The number of hydrogen-bond acceptors (Lipinski definition) is 4. The van der Waals surface area contributed by atoms with Crippen LogP contribution in [0.25, 0.3) is 0 Å². The van der Waals surface area contributed by atoms with Gasteiger partial charge in [0, 0.05) is 17.7 Å². The summed E-state index contributed by atoms with van der Waals surface area (Å²) in [6, 6.07) is 5.52. The molecule has 0 aliphatic heterocycles. The maximum Gasteiger partial charge on any atom is 0.251 e. The smallest absolute Gasteiger partial charge is 0.251 e. The van der Waals surface area contributed by atoms with Crippen LogP contribution in [0, 0.1) is 24.2 Å². The van der Waals surface area contributed by atoms with Crippen molar-refractivity contribution in [2.45, 2.75) is 6.04 Å². The van der Waals surface area contributed by atoms with Gasteiger partial charge in [-0.2, -0.15) is 0 Å². The van der Waals surface area contributed by atoms with Crippen LogP contribution in [0.3, 0.4) is 0 Å². The summed E-state index contributed by atoms with van der Waals surface area (Å²) in [5, 5.41) is 11.2. The molecule has 0 bridgehead atoms. The summed E-state index contributed by atoms with van der Waals surface area (Å²) in [7, 11) is 0. The number of ketones is 1. The minimum Gasteiger partial charge on any atom is -0.388 e. The van der Waals surface area contributed by atoms with E-state index < -0.39 is 24.3 Å². The third kappa shape index (κ3) is 4.25. The second kappa shape index (κ2) is 7.75. The predicted molar refractivity (Wildman–Crippen MR) is 74.6 cm³/mol. The maximum absolute atomic E-state index is 11.9. The van der Waals surface area contributed by atoms with Crippen molar-refractivity contribution in [1.82, 2.24) is 5.32 Å². The molecule has 0 unspecified atom stereocenters. The number of amides is 1. The molecule has 0 aromatic heterocycles. The molecular formula is C15H14N2O3. The Labute approximate surface area is 117 Å². The van der Waals surface area contributed by atoms with E-state index in [1.807, 2.05) is 0 Å². The fourth-order valence-corrected chi connectivity index (χ4v) is 1.44. The van der Waals surface area contributed by atoms with Gasteiger partial charge in [-0.25, -0.2) is 0 Å². The van der Waals surface area contributed by atoms with Crippen LogP contribution in [-0.2, 0) is 4.79 Å². The molecule has 1 atom stereocenters. The summed E-state index contributed by atoms with van der Waals surface area (Å²) < 4.78 is 0. The molecule has 4 N–H and O–H groups in total. The van der Waals surface area contributed by atoms with Crippen LogP contribution in [0.15, 0.2) is 24.3 Å². The van der Waals surface area contributed by atoms with Crippen LogP contribution in [-0.4, -0.2) is 36.0 Å². The Morgan fingerprint density at radius 3 is 2.50 bits per heavy atom. The number of carbonyl (C=O) groups is 2. The van der Waals surface area contributed by atoms with Gasteiger partial charge < -0.3 is 16.2 Å². The van der Waals surface area contributed by atoms with Crippen molar-refractivity contribution < 1.29 is 14.7 Å². The van der Waals surface area contributed by atoms with E-state index in [0.717, 1.165) is 0 Å². The second-order valence-electron chi connectivity index (χ2n) is 3.86. The van der Waals surface area contributed by atoms with E-state index in [2.05, 4.69) is 23.1 Å². The topological polar surface area (TPSA) is 92.4 Å². The molecule has 1 aromatic rings. The molecule has 5 heteroatoms. The molecule has 0 aliphatic carbocycles. The molecule has 0 radical (unpaired) electrons. The van der Waals surface area contributed by atoms with Gasteiger partial charge in [-0.3, -0.25) is 9.59 Å². The van der Waals surface area contributed by atoms with Crippen LogP contribution in [0.1, 0.15) is 15.9 Å². The Hall–Kier alpha value is -2.60. The van der Waals surface area contributed by atoms with Crippen molar-refractivity contribution in [3.8, 4) is 24.2 Å². The van der Waals surface area contributed by atoms with Gasteiger partial charge in [0.25, 0.3) is 5.91 Å². The maximum atomic E-state index is 11.9. The SMILES string of the molecule is C#CC#Cc1ccc(C(=O)N[C@@H](CN)C(=O)CO)cc1. The first-order valence-electron chi connectivity index (χ1n) is 5.83.